The van der Waals surface area contributed by atoms with Gasteiger partial charge in [-0.3, -0.25) is 9.59 Å². The van der Waals surface area contributed by atoms with Crippen molar-refractivity contribution < 1.29 is 37.3 Å². The van der Waals surface area contributed by atoms with Crippen LogP contribution < -0.4 is 15.5 Å². The van der Waals surface area contributed by atoms with Crippen LogP contribution in [0.15, 0.2) is 29.2 Å². The number of methoxy groups -OCH3 is 4. The highest BCUT2D eigenvalue weighted by Crippen LogP contribution is 2.20. The van der Waals surface area contributed by atoms with E-state index < -0.39 is 47.0 Å². The molecule has 1 heterocycles. The molecule has 0 saturated carbocycles. The van der Waals surface area contributed by atoms with Crippen molar-refractivity contribution in [3.05, 3.63) is 63.1 Å². The van der Waals surface area contributed by atoms with Crippen molar-refractivity contribution in [1.29, 1.82) is 0 Å². The van der Waals surface area contributed by atoms with E-state index in [1.54, 1.807) is 0 Å². The monoisotopic (exact) mass is 454 g/mol. The fraction of sp³-hybridized carbons (Fsp3) is 0.381. The van der Waals surface area contributed by atoms with Crippen molar-refractivity contribution in [2.24, 2.45) is 0 Å². The number of amides is 1. The minimum Gasteiger partial charge on any atom is -0.491 e. The Morgan fingerprint density at radius 2 is 1.78 bits per heavy atom. The highest BCUT2D eigenvalue weighted by molar-refractivity contribution is 5.97. The Balaban J connectivity index is 2.53. The molecule has 0 fully saturated rings. The Morgan fingerprint density at radius 1 is 1.12 bits per heavy atom. The summed E-state index contributed by atoms with van der Waals surface area (Å²) in [7, 11) is 5.03. The molecule has 0 unspecified atom stereocenters. The molecule has 2 aromatic rings. The normalized spacial score (nSPS) is 11.9. The third kappa shape index (κ3) is 5.29. The topological polar surface area (TPSA) is 105 Å². The summed E-state index contributed by atoms with van der Waals surface area (Å²) in [6.07, 6.45) is 0.305. The number of rotatable bonds is 9. The Bertz CT molecular complexity index is 1050. The maximum absolute atomic E-state index is 14.1. The van der Waals surface area contributed by atoms with Gasteiger partial charge in [0.25, 0.3) is 5.91 Å². The van der Waals surface area contributed by atoms with E-state index in [0.717, 1.165) is 26.5 Å². The SMILES string of the molecule is COC(=O)c1c(OC)c(=O)c(C(=O)N[C@H](C)c2ccc(F)cc2F)cn1CC(OC)OC. The van der Waals surface area contributed by atoms with Crippen LogP contribution in [0.2, 0.25) is 0 Å². The summed E-state index contributed by atoms with van der Waals surface area (Å²) in [5, 5.41) is 2.49. The summed E-state index contributed by atoms with van der Waals surface area (Å²) in [5.41, 5.74) is -1.47. The first kappa shape index (κ1) is 25.0. The third-order valence-corrected chi connectivity index (χ3v) is 4.71. The number of carbonyl (C=O) groups excluding carboxylic acids is 2. The number of hydrogen-bond donors (Lipinski definition) is 1. The van der Waals surface area contributed by atoms with Gasteiger partial charge in [0.15, 0.2) is 17.7 Å². The van der Waals surface area contributed by atoms with E-state index in [1.807, 2.05) is 0 Å². The Hall–Kier alpha value is -3.31. The molecule has 0 radical (unpaired) electrons. The van der Waals surface area contributed by atoms with E-state index in [-0.39, 0.29) is 23.4 Å². The lowest BCUT2D eigenvalue weighted by molar-refractivity contribution is -0.111. The molecule has 0 aliphatic carbocycles. The fourth-order valence-electron chi connectivity index (χ4n) is 3.05. The van der Waals surface area contributed by atoms with Gasteiger partial charge >= 0.3 is 5.97 Å². The van der Waals surface area contributed by atoms with Gasteiger partial charge in [-0.2, -0.15) is 0 Å². The zero-order valence-corrected chi connectivity index (χ0v) is 18.2. The van der Waals surface area contributed by atoms with Gasteiger partial charge in [-0.15, -0.1) is 0 Å². The van der Waals surface area contributed by atoms with E-state index in [9.17, 15) is 23.2 Å². The van der Waals surface area contributed by atoms with Gasteiger partial charge in [-0.1, -0.05) is 6.07 Å². The molecule has 0 aliphatic heterocycles. The van der Waals surface area contributed by atoms with Crippen LogP contribution in [0, 0.1) is 11.6 Å². The van der Waals surface area contributed by atoms with E-state index in [0.29, 0.717) is 6.07 Å². The lowest BCUT2D eigenvalue weighted by Crippen LogP contribution is -2.35. The molecule has 1 atom stereocenters. The smallest absolute Gasteiger partial charge is 0.358 e. The molecule has 1 amide bonds. The zero-order valence-electron chi connectivity index (χ0n) is 18.2. The molecule has 174 valence electrons. The van der Waals surface area contributed by atoms with E-state index >= 15 is 0 Å². The van der Waals surface area contributed by atoms with Gasteiger partial charge in [0.2, 0.25) is 5.43 Å². The third-order valence-electron chi connectivity index (χ3n) is 4.71. The van der Waals surface area contributed by atoms with E-state index in [1.165, 1.54) is 31.8 Å². The molecule has 1 N–H and O–H groups in total. The molecule has 0 saturated heterocycles. The molecule has 11 heteroatoms. The van der Waals surface area contributed by atoms with Crippen molar-refractivity contribution in [2.45, 2.75) is 25.8 Å². The standard InChI is InChI=1S/C21H24F2N2O7/c1-11(13-7-6-12(22)8-15(13)23)24-20(27)14-9-25(10-16(29-2)30-3)17(21(28)32-5)19(31-4)18(14)26/h6-9,11,16H,10H2,1-5H3,(H,24,27)/t11-/m1/s1. The van der Waals surface area contributed by atoms with E-state index in [2.05, 4.69) is 5.32 Å². The summed E-state index contributed by atoms with van der Waals surface area (Å²) >= 11 is 0. The first-order valence-electron chi connectivity index (χ1n) is 9.39. The molecule has 1 aromatic heterocycles. The highest BCUT2D eigenvalue weighted by atomic mass is 19.1. The number of halogens is 2. The van der Waals surface area contributed by atoms with E-state index in [4.69, 9.17) is 18.9 Å². The van der Waals surface area contributed by atoms with Crippen molar-refractivity contribution >= 4 is 11.9 Å². The first-order valence-corrected chi connectivity index (χ1v) is 9.39. The summed E-state index contributed by atoms with van der Waals surface area (Å²) in [6, 6.07) is 2.04. The summed E-state index contributed by atoms with van der Waals surface area (Å²) in [5.74, 6) is -3.77. The first-order chi connectivity index (χ1) is 15.2. The Labute approximate surface area is 182 Å². The second-order valence-electron chi connectivity index (χ2n) is 6.66. The molecular weight excluding hydrogens is 430 g/mol. The minimum atomic E-state index is -0.895. The largest absolute Gasteiger partial charge is 0.491 e. The summed E-state index contributed by atoms with van der Waals surface area (Å²) in [6.45, 7) is 1.38. The number of ether oxygens (including phenoxy) is 4. The lowest BCUT2D eigenvalue weighted by atomic mass is 10.1. The predicted molar refractivity (Wildman–Crippen MR) is 109 cm³/mol. The van der Waals surface area contributed by atoms with Crippen molar-refractivity contribution in [1.82, 2.24) is 9.88 Å². The summed E-state index contributed by atoms with van der Waals surface area (Å²) < 4.78 is 48.6. The highest BCUT2D eigenvalue weighted by Gasteiger charge is 2.27. The van der Waals surface area contributed by atoms with Crippen molar-refractivity contribution in [3.8, 4) is 5.75 Å². The number of esters is 1. The molecule has 0 spiro atoms. The predicted octanol–water partition coefficient (Wildman–Crippen LogP) is 2.03. The van der Waals surface area contributed by atoms with Crippen LogP contribution in [0.5, 0.6) is 5.75 Å². The second kappa shape index (κ2) is 10.8. The van der Waals surface area contributed by atoms with Crippen molar-refractivity contribution in [3.63, 3.8) is 0 Å². The molecular formula is C21H24F2N2O7. The molecule has 9 nitrogen and oxygen atoms in total. The summed E-state index contributed by atoms with van der Waals surface area (Å²) in [4.78, 5) is 38.1. The van der Waals surface area contributed by atoms with Gasteiger partial charge in [0.1, 0.15) is 17.2 Å². The van der Waals surface area contributed by atoms with Crippen molar-refractivity contribution in [2.75, 3.05) is 28.4 Å². The number of carbonyl (C=O) groups is 2. The van der Waals surface area contributed by atoms with Gasteiger partial charge in [0, 0.05) is 32.0 Å². The zero-order chi connectivity index (χ0) is 24.0. The van der Waals surface area contributed by atoms with Gasteiger partial charge in [-0.25, -0.2) is 13.6 Å². The van der Waals surface area contributed by atoms with Gasteiger partial charge < -0.3 is 28.8 Å². The number of nitrogens with zero attached hydrogens (tertiary/aromatic N) is 1. The molecule has 0 aliphatic rings. The number of nitrogens with one attached hydrogen (secondary N) is 1. The van der Waals surface area contributed by atoms with Crippen LogP contribution >= 0.6 is 0 Å². The number of benzene rings is 1. The minimum absolute atomic E-state index is 0.0250. The number of pyridine rings is 1. The Morgan fingerprint density at radius 3 is 2.31 bits per heavy atom. The van der Waals surface area contributed by atoms with Gasteiger partial charge in [-0.05, 0) is 13.0 Å². The number of aromatic nitrogens is 1. The van der Waals surface area contributed by atoms with Crippen LogP contribution in [0.25, 0.3) is 0 Å². The second-order valence-corrected chi connectivity index (χ2v) is 6.66. The molecule has 0 bridgehead atoms. The van der Waals surface area contributed by atoms with Crippen LogP contribution in [-0.2, 0) is 20.8 Å². The lowest BCUT2D eigenvalue weighted by Gasteiger charge is -2.21. The molecule has 2 rings (SSSR count). The Kier molecular flexibility index (Phi) is 8.44. The average Bonchev–Trinajstić information content (AvgIpc) is 2.76. The van der Waals surface area contributed by atoms with Crippen LogP contribution in [0.1, 0.15) is 39.4 Å². The maximum atomic E-state index is 14.1. The van der Waals surface area contributed by atoms with Gasteiger partial charge in [0.05, 0.1) is 26.8 Å². The number of hydrogen-bond acceptors (Lipinski definition) is 7. The molecule has 1 aromatic carbocycles. The van der Waals surface area contributed by atoms with Crippen LogP contribution in [-0.4, -0.2) is 51.2 Å². The maximum Gasteiger partial charge on any atom is 0.358 e. The quantitative estimate of drug-likeness (QED) is 0.457. The molecule has 32 heavy (non-hydrogen) atoms. The van der Waals surface area contributed by atoms with Crippen LogP contribution in [0.3, 0.4) is 0 Å². The fourth-order valence-corrected chi connectivity index (χ4v) is 3.05. The average molecular weight is 454 g/mol. The van der Waals surface area contributed by atoms with Crippen LogP contribution in [0.4, 0.5) is 8.78 Å².